The fourth-order valence-corrected chi connectivity index (χ4v) is 1.99. The summed E-state index contributed by atoms with van der Waals surface area (Å²) in [6.07, 6.45) is 0.999. The van der Waals surface area contributed by atoms with Gasteiger partial charge >= 0.3 is 0 Å². The molecule has 2 nitrogen and oxygen atoms in total. The molecule has 0 amide bonds. The highest BCUT2D eigenvalue weighted by molar-refractivity contribution is 6.33. The molecule has 1 heterocycles. The van der Waals surface area contributed by atoms with E-state index in [-0.39, 0.29) is 0 Å². The Labute approximate surface area is 82.9 Å². The van der Waals surface area contributed by atoms with Crippen molar-refractivity contribution < 1.29 is 4.74 Å². The van der Waals surface area contributed by atoms with Gasteiger partial charge in [-0.2, -0.15) is 0 Å². The number of anilines is 1. The fraction of sp³-hybridized carbons (Fsp3) is 0.400. The number of rotatable bonds is 1. The van der Waals surface area contributed by atoms with E-state index in [0.29, 0.717) is 0 Å². The smallest absolute Gasteiger partial charge is 0.143 e. The van der Waals surface area contributed by atoms with E-state index < -0.39 is 0 Å². The molecule has 0 fully saturated rings. The van der Waals surface area contributed by atoms with Crippen molar-refractivity contribution in [2.24, 2.45) is 0 Å². The van der Waals surface area contributed by atoms with Gasteiger partial charge in [-0.15, -0.1) is 0 Å². The fourth-order valence-electron chi connectivity index (χ4n) is 1.74. The molecule has 2 rings (SSSR count). The number of aryl methyl sites for hydroxylation is 1. The lowest BCUT2D eigenvalue weighted by Crippen LogP contribution is -1.92. The Morgan fingerprint density at radius 2 is 2.31 bits per heavy atom. The van der Waals surface area contributed by atoms with E-state index in [0.717, 1.165) is 29.3 Å². The molecular weight excluding hydrogens is 186 g/mol. The molecule has 0 radical (unpaired) electrons. The van der Waals surface area contributed by atoms with E-state index in [1.165, 1.54) is 11.3 Å². The van der Waals surface area contributed by atoms with Crippen LogP contribution in [0.5, 0.6) is 5.75 Å². The Morgan fingerprint density at radius 1 is 1.54 bits per heavy atom. The Hall–Kier alpha value is -0.890. The van der Waals surface area contributed by atoms with Gasteiger partial charge in [-0.1, -0.05) is 11.6 Å². The van der Waals surface area contributed by atoms with Crippen molar-refractivity contribution in [1.82, 2.24) is 0 Å². The molecule has 1 aromatic rings. The van der Waals surface area contributed by atoms with E-state index in [1.54, 1.807) is 7.11 Å². The summed E-state index contributed by atoms with van der Waals surface area (Å²) in [6.45, 7) is 2.97. The standard InChI is InChI=1S/C10H12ClNO/c1-6-5-8-7(3-4-12-8)10(13-2)9(6)11/h5,12H,3-4H2,1-2H3. The minimum atomic E-state index is 0.741. The average Bonchev–Trinajstić information content (AvgIpc) is 2.54. The third-order valence-electron chi connectivity index (χ3n) is 2.40. The maximum atomic E-state index is 6.12. The molecule has 1 aromatic carbocycles. The molecular formula is C10H12ClNO. The van der Waals surface area contributed by atoms with Gasteiger partial charge in [0.2, 0.25) is 0 Å². The van der Waals surface area contributed by atoms with Gasteiger partial charge in [-0.3, -0.25) is 0 Å². The molecule has 13 heavy (non-hydrogen) atoms. The van der Waals surface area contributed by atoms with Gasteiger partial charge in [-0.05, 0) is 25.0 Å². The first kappa shape index (κ1) is 8.70. The van der Waals surface area contributed by atoms with Gasteiger partial charge < -0.3 is 10.1 Å². The van der Waals surface area contributed by atoms with Crippen molar-refractivity contribution in [2.75, 3.05) is 19.0 Å². The highest BCUT2D eigenvalue weighted by Crippen LogP contribution is 2.39. The zero-order chi connectivity index (χ0) is 9.42. The molecule has 1 aliphatic rings. The number of halogens is 1. The molecule has 0 atom stereocenters. The second-order valence-corrected chi connectivity index (χ2v) is 3.62. The normalized spacial score (nSPS) is 13.8. The zero-order valence-electron chi connectivity index (χ0n) is 7.78. The minimum absolute atomic E-state index is 0.741. The van der Waals surface area contributed by atoms with Crippen LogP contribution in [-0.4, -0.2) is 13.7 Å². The number of benzene rings is 1. The van der Waals surface area contributed by atoms with Crippen LogP contribution in [0, 0.1) is 6.92 Å². The molecule has 3 heteroatoms. The number of nitrogens with one attached hydrogen (secondary N) is 1. The summed E-state index contributed by atoms with van der Waals surface area (Å²) in [5.41, 5.74) is 3.43. The lowest BCUT2D eigenvalue weighted by molar-refractivity contribution is 0.411. The van der Waals surface area contributed by atoms with Crippen molar-refractivity contribution in [1.29, 1.82) is 0 Å². The van der Waals surface area contributed by atoms with Gasteiger partial charge in [0.05, 0.1) is 12.1 Å². The lowest BCUT2D eigenvalue weighted by Gasteiger charge is -2.11. The molecule has 0 saturated heterocycles. The first-order valence-corrected chi connectivity index (χ1v) is 4.71. The van der Waals surface area contributed by atoms with E-state index in [2.05, 4.69) is 11.4 Å². The molecule has 1 N–H and O–H groups in total. The maximum Gasteiger partial charge on any atom is 0.143 e. The van der Waals surface area contributed by atoms with Crippen LogP contribution < -0.4 is 10.1 Å². The molecule has 0 unspecified atom stereocenters. The predicted molar refractivity (Wildman–Crippen MR) is 54.9 cm³/mol. The number of hydrogen-bond acceptors (Lipinski definition) is 2. The van der Waals surface area contributed by atoms with Crippen LogP contribution in [0.25, 0.3) is 0 Å². The Balaban J connectivity index is 2.64. The highest BCUT2D eigenvalue weighted by atomic mass is 35.5. The largest absolute Gasteiger partial charge is 0.495 e. The Bertz CT molecular complexity index is 349. The minimum Gasteiger partial charge on any atom is -0.495 e. The van der Waals surface area contributed by atoms with E-state index in [9.17, 15) is 0 Å². The van der Waals surface area contributed by atoms with Crippen LogP contribution in [0.3, 0.4) is 0 Å². The van der Waals surface area contributed by atoms with Crippen molar-refractivity contribution in [3.05, 3.63) is 22.2 Å². The SMILES string of the molecule is COc1c(Cl)c(C)cc2c1CCN2. The third-order valence-corrected chi connectivity index (χ3v) is 2.87. The van der Waals surface area contributed by atoms with E-state index in [4.69, 9.17) is 16.3 Å². The number of methoxy groups -OCH3 is 1. The molecule has 70 valence electrons. The van der Waals surface area contributed by atoms with Crippen molar-refractivity contribution >= 4 is 17.3 Å². The summed E-state index contributed by atoms with van der Waals surface area (Å²) in [4.78, 5) is 0. The summed E-state index contributed by atoms with van der Waals surface area (Å²) in [7, 11) is 1.67. The van der Waals surface area contributed by atoms with Crippen molar-refractivity contribution in [2.45, 2.75) is 13.3 Å². The zero-order valence-corrected chi connectivity index (χ0v) is 8.53. The first-order chi connectivity index (χ1) is 6.24. The molecule has 0 spiro atoms. The van der Waals surface area contributed by atoms with Crippen LogP contribution >= 0.6 is 11.6 Å². The summed E-state index contributed by atoms with van der Waals surface area (Å²) < 4.78 is 5.30. The topological polar surface area (TPSA) is 21.3 Å². The van der Waals surface area contributed by atoms with Gasteiger partial charge in [0, 0.05) is 17.8 Å². The Morgan fingerprint density at radius 3 is 3.00 bits per heavy atom. The number of ether oxygens (including phenoxy) is 1. The van der Waals surface area contributed by atoms with Gasteiger partial charge in [-0.25, -0.2) is 0 Å². The van der Waals surface area contributed by atoms with Crippen LogP contribution in [0.2, 0.25) is 5.02 Å². The predicted octanol–water partition coefficient (Wildman–Crippen LogP) is 2.63. The van der Waals surface area contributed by atoms with Crippen LogP contribution in [0.4, 0.5) is 5.69 Å². The third kappa shape index (κ3) is 1.25. The Kier molecular flexibility index (Phi) is 2.08. The van der Waals surface area contributed by atoms with Crippen LogP contribution in [0.1, 0.15) is 11.1 Å². The first-order valence-electron chi connectivity index (χ1n) is 4.34. The van der Waals surface area contributed by atoms with Crippen molar-refractivity contribution in [3.63, 3.8) is 0 Å². The summed E-state index contributed by atoms with van der Waals surface area (Å²) in [5, 5.41) is 4.04. The highest BCUT2D eigenvalue weighted by Gasteiger charge is 2.19. The van der Waals surface area contributed by atoms with Crippen LogP contribution in [-0.2, 0) is 6.42 Å². The number of fused-ring (bicyclic) bond motifs is 1. The summed E-state index contributed by atoms with van der Waals surface area (Å²) in [5.74, 6) is 0.835. The summed E-state index contributed by atoms with van der Waals surface area (Å²) in [6, 6.07) is 2.08. The second kappa shape index (κ2) is 3.11. The maximum absolute atomic E-state index is 6.12. The molecule has 1 aliphatic heterocycles. The van der Waals surface area contributed by atoms with E-state index >= 15 is 0 Å². The van der Waals surface area contributed by atoms with Crippen molar-refractivity contribution in [3.8, 4) is 5.75 Å². The number of hydrogen-bond donors (Lipinski definition) is 1. The quantitative estimate of drug-likeness (QED) is 0.748. The van der Waals surface area contributed by atoms with Gasteiger partial charge in [0.15, 0.2) is 0 Å². The van der Waals surface area contributed by atoms with E-state index in [1.807, 2.05) is 6.92 Å². The van der Waals surface area contributed by atoms with Gasteiger partial charge in [0.1, 0.15) is 5.75 Å². The molecule has 0 bridgehead atoms. The molecule has 0 saturated carbocycles. The average molecular weight is 198 g/mol. The monoisotopic (exact) mass is 197 g/mol. The second-order valence-electron chi connectivity index (χ2n) is 3.24. The lowest BCUT2D eigenvalue weighted by atomic mass is 10.1. The molecule has 0 aliphatic carbocycles. The van der Waals surface area contributed by atoms with Gasteiger partial charge in [0.25, 0.3) is 0 Å². The van der Waals surface area contributed by atoms with Crippen LogP contribution in [0.15, 0.2) is 6.07 Å². The molecule has 0 aromatic heterocycles. The summed E-state index contributed by atoms with van der Waals surface area (Å²) >= 11 is 6.12.